The van der Waals surface area contributed by atoms with Crippen LogP contribution in [-0.4, -0.2) is 62.9 Å². The van der Waals surface area contributed by atoms with Gasteiger partial charge in [0, 0.05) is 17.4 Å². The summed E-state index contributed by atoms with van der Waals surface area (Å²) in [6.45, 7) is 1.58. The lowest BCUT2D eigenvalue weighted by molar-refractivity contribution is -0.138. The molecule has 1 amide bonds. The molecule has 0 saturated carbocycles. The first kappa shape index (κ1) is 33.1. The van der Waals surface area contributed by atoms with E-state index in [0.29, 0.717) is 19.3 Å². The Morgan fingerprint density at radius 3 is 2.25 bits per heavy atom. The van der Waals surface area contributed by atoms with E-state index in [2.05, 4.69) is 24.4 Å². The standard InChI is InChI=1S/C27H40N2O6S/c1-2-3-4-5-11-14-17-23(30)24(36-21-22(28)27(35)29-20-26(33)34)18-15-12-9-7-6-8-10-13-16-19-25(31)32/h3-4,6-7,9-15,18,22-24,30H,2,5,8,16-17,19-21,28H2,1H3,(H,29,35)(H,31,32)(H,33,34)/b4-3-,7-6-,12-9+,13-10-,14-11-,18-15+/t22-,23-,24+/m0/s1. The number of carboxylic acids is 2. The van der Waals surface area contributed by atoms with Gasteiger partial charge in [-0.1, -0.05) is 79.8 Å². The van der Waals surface area contributed by atoms with Crippen molar-refractivity contribution in [1.82, 2.24) is 5.32 Å². The molecule has 36 heavy (non-hydrogen) atoms. The highest BCUT2D eigenvalue weighted by Crippen LogP contribution is 2.20. The average molecular weight is 521 g/mol. The molecule has 0 heterocycles. The van der Waals surface area contributed by atoms with Crippen LogP contribution in [-0.2, 0) is 14.4 Å². The molecule has 0 aliphatic heterocycles. The number of aliphatic hydroxyl groups excluding tert-OH is 1. The molecule has 0 rings (SSSR count). The number of allylic oxidation sites excluding steroid dienone is 10. The molecule has 0 aromatic carbocycles. The van der Waals surface area contributed by atoms with Crippen molar-refractivity contribution < 1.29 is 29.7 Å². The number of thioether (sulfide) groups is 1. The van der Waals surface area contributed by atoms with Crippen LogP contribution in [0, 0.1) is 0 Å². The third-order valence-electron chi connectivity index (χ3n) is 4.55. The molecule has 3 atom stereocenters. The number of rotatable bonds is 20. The third kappa shape index (κ3) is 20.5. The van der Waals surface area contributed by atoms with Crippen LogP contribution in [0.3, 0.4) is 0 Å². The van der Waals surface area contributed by atoms with E-state index >= 15 is 0 Å². The summed E-state index contributed by atoms with van der Waals surface area (Å²) in [4.78, 5) is 33.0. The summed E-state index contributed by atoms with van der Waals surface area (Å²) in [6, 6.07) is -0.894. The highest BCUT2D eigenvalue weighted by atomic mass is 32.2. The first-order valence-corrected chi connectivity index (χ1v) is 13.0. The van der Waals surface area contributed by atoms with Gasteiger partial charge >= 0.3 is 11.9 Å². The van der Waals surface area contributed by atoms with Crippen molar-refractivity contribution >= 4 is 29.6 Å². The number of carboxylic acid groups (broad SMARTS) is 2. The van der Waals surface area contributed by atoms with Gasteiger partial charge in [-0.05, 0) is 32.1 Å². The van der Waals surface area contributed by atoms with Crippen molar-refractivity contribution in [3.8, 4) is 0 Å². The summed E-state index contributed by atoms with van der Waals surface area (Å²) in [5.41, 5.74) is 5.88. The van der Waals surface area contributed by atoms with E-state index < -0.39 is 36.5 Å². The zero-order valence-corrected chi connectivity index (χ0v) is 21.7. The molecule has 6 N–H and O–H groups in total. The molecule has 0 bridgehead atoms. The molecule has 200 valence electrons. The lowest BCUT2D eigenvalue weighted by Gasteiger charge is -2.20. The summed E-state index contributed by atoms with van der Waals surface area (Å²) in [7, 11) is 0. The van der Waals surface area contributed by atoms with Crippen LogP contribution in [0.2, 0.25) is 0 Å². The molecule has 0 fully saturated rings. The van der Waals surface area contributed by atoms with Crippen molar-refractivity contribution in [3.63, 3.8) is 0 Å². The topological polar surface area (TPSA) is 150 Å². The predicted octanol–water partition coefficient (Wildman–Crippen LogP) is 3.76. The average Bonchev–Trinajstić information content (AvgIpc) is 2.84. The van der Waals surface area contributed by atoms with Gasteiger partial charge in [0.2, 0.25) is 5.91 Å². The molecule has 0 radical (unpaired) electrons. The number of hydrogen-bond donors (Lipinski definition) is 5. The van der Waals surface area contributed by atoms with Gasteiger partial charge in [0.05, 0.1) is 12.1 Å². The Bertz CT molecular complexity index is 817. The summed E-state index contributed by atoms with van der Waals surface area (Å²) in [5, 5.41) is 29.9. The van der Waals surface area contributed by atoms with E-state index in [9.17, 15) is 19.5 Å². The molecular formula is C27H40N2O6S. The quantitative estimate of drug-likeness (QED) is 0.120. The van der Waals surface area contributed by atoms with Crippen LogP contribution in [0.4, 0.5) is 0 Å². The summed E-state index contributed by atoms with van der Waals surface area (Å²) in [6.07, 6.45) is 25.8. The fourth-order valence-corrected chi connectivity index (χ4v) is 3.76. The Balaban J connectivity index is 4.85. The molecule has 0 aromatic heterocycles. The van der Waals surface area contributed by atoms with Gasteiger partial charge < -0.3 is 26.4 Å². The Kier molecular flexibility index (Phi) is 20.8. The molecule has 0 aromatic rings. The maximum atomic E-state index is 11.9. The van der Waals surface area contributed by atoms with Crippen molar-refractivity contribution in [2.24, 2.45) is 5.73 Å². The van der Waals surface area contributed by atoms with Crippen LogP contribution in [0.15, 0.2) is 72.9 Å². The normalized spacial score (nSPS) is 15.1. The van der Waals surface area contributed by atoms with Crippen molar-refractivity contribution in [2.45, 2.75) is 62.8 Å². The molecule has 0 aliphatic rings. The highest BCUT2D eigenvalue weighted by Gasteiger charge is 2.20. The van der Waals surface area contributed by atoms with Gasteiger partial charge in [0.1, 0.15) is 6.54 Å². The van der Waals surface area contributed by atoms with E-state index in [1.54, 1.807) is 0 Å². The lowest BCUT2D eigenvalue weighted by Crippen LogP contribution is -2.44. The third-order valence-corrected chi connectivity index (χ3v) is 5.96. The van der Waals surface area contributed by atoms with Crippen molar-refractivity contribution in [2.75, 3.05) is 12.3 Å². The van der Waals surface area contributed by atoms with Crippen LogP contribution in [0.25, 0.3) is 0 Å². The van der Waals surface area contributed by atoms with Gasteiger partial charge in [-0.25, -0.2) is 0 Å². The zero-order chi connectivity index (χ0) is 27.0. The van der Waals surface area contributed by atoms with E-state index in [-0.39, 0.29) is 17.4 Å². The second-order valence-electron chi connectivity index (χ2n) is 7.74. The van der Waals surface area contributed by atoms with Crippen molar-refractivity contribution in [3.05, 3.63) is 72.9 Å². The van der Waals surface area contributed by atoms with Crippen LogP contribution in [0.5, 0.6) is 0 Å². The van der Waals surface area contributed by atoms with Gasteiger partial charge in [-0.2, -0.15) is 0 Å². The fourth-order valence-electron chi connectivity index (χ4n) is 2.65. The van der Waals surface area contributed by atoms with Crippen LogP contribution >= 0.6 is 11.8 Å². The minimum atomic E-state index is -1.14. The van der Waals surface area contributed by atoms with Gasteiger partial charge in [0.15, 0.2) is 0 Å². The number of carbonyl (C=O) groups excluding carboxylic acids is 1. The van der Waals surface area contributed by atoms with Gasteiger partial charge in [-0.3, -0.25) is 14.4 Å². The molecule has 0 unspecified atom stereocenters. The first-order valence-electron chi connectivity index (χ1n) is 12.0. The molecular weight excluding hydrogens is 480 g/mol. The van der Waals surface area contributed by atoms with Gasteiger partial charge in [0.25, 0.3) is 0 Å². The van der Waals surface area contributed by atoms with E-state index in [4.69, 9.17) is 15.9 Å². The SMILES string of the molecule is CC/C=C\C/C=C\C[C@H](O)[C@@H](/C=C/C=C/C=C\C/C=C\CCC(=O)O)SC[C@H](N)C(=O)NCC(=O)O. The largest absolute Gasteiger partial charge is 0.481 e. The number of nitrogens with one attached hydrogen (secondary N) is 1. The monoisotopic (exact) mass is 520 g/mol. The number of carbonyl (C=O) groups is 3. The van der Waals surface area contributed by atoms with E-state index in [0.717, 1.165) is 12.8 Å². The second kappa shape index (κ2) is 22.6. The Morgan fingerprint density at radius 2 is 1.56 bits per heavy atom. The number of hydrogen-bond acceptors (Lipinski definition) is 6. The summed E-state index contributed by atoms with van der Waals surface area (Å²) < 4.78 is 0. The number of aliphatic hydroxyl groups is 1. The number of nitrogens with two attached hydrogens (primary N) is 1. The Hall–Kier alpha value is -2.88. The molecule has 0 saturated heterocycles. The Labute approximate surface area is 218 Å². The van der Waals surface area contributed by atoms with E-state index in [1.807, 2.05) is 60.8 Å². The van der Waals surface area contributed by atoms with Gasteiger partial charge in [-0.15, -0.1) is 11.8 Å². The summed E-state index contributed by atoms with van der Waals surface area (Å²) in [5.74, 6) is -2.28. The van der Waals surface area contributed by atoms with Crippen LogP contribution in [0.1, 0.15) is 45.4 Å². The number of amides is 1. The highest BCUT2D eigenvalue weighted by molar-refractivity contribution is 8.00. The first-order chi connectivity index (χ1) is 17.3. The molecule has 8 nitrogen and oxygen atoms in total. The maximum Gasteiger partial charge on any atom is 0.322 e. The zero-order valence-electron chi connectivity index (χ0n) is 20.9. The minimum absolute atomic E-state index is 0.125. The minimum Gasteiger partial charge on any atom is -0.481 e. The second-order valence-corrected chi connectivity index (χ2v) is 8.95. The molecule has 0 aliphatic carbocycles. The van der Waals surface area contributed by atoms with Crippen molar-refractivity contribution in [1.29, 1.82) is 0 Å². The summed E-state index contributed by atoms with van der Waals surface area (Å²) >= 11 is 1.33. The fraction of sp³-hybridized carbons (Fsp3) is 0.444. The maximum absolute atomic E-state index is 11.9. The van der Waals surface area contributed by atoms with E-state index in [1.165, 1.54) is 11.8 Å². The predicted molar refractivity (Wildman–Crippen MR) is 147 cm³/mol. The van der Waals surface area contributed by atoms with Crippen LogP contribution < -0.4 is 11.1 Å². The lowest BCUT2D eigenvalue weighted by atomic mass is 10.1. The Morgan fingerprint density at radius 1 is 0.889 bits per heavy atom. The number of aliphatic carboxylic acids is 2. The smallest absolute Gasteiger partial charge is 0.322 e. The molecule has 0 spiro atoms. The molecule has 9 heteroatoms.